The summed E-state index contributed by atoms with van der Waals surface area (Å²) in [7, 11) is 0. The molecule has 102 valence electrons. The second-order valence-corrected chi connectivity index (χ2v) is 6.02. The molecule has 2 aliphatic heterocycles. The zero-order valence-corrected chi connectivity index (χ0v) is 11.3. The summed E-state index contributed by atoms with van der Waals surface area (Å²) in [6, 6.07) is -0.205. The van der Waals surface area contributed by atoms with E-state index in [1.165, 1.54) is 17.7 Å². The number of amides is 3. The van der Waals surface area contributed by atoms with Crippen molar-refractivity contribution in [2.75, 3.05) is 0 Å². The van der Waals surface area contributed by atoms with Crippen molar-refractivity contribution < 1.29 is 9.59 Å². The summed E-state index contributed by atoms with van der Waals surface area (Å²) in [5.41, 5.74) is 0. The molecule has 4 nitrogen and oxygen atoms in total. The normalized spacial score (nSPS) is 35.1. The molecular weight excluding hydrogens is 240 g/mol. The summed E-state index contributed by atoms with van der Waals surface area (Å²) < 4.78 is 0. The smallest absolute Gasteiger partial charge is 0.309 e. The predicted octanol–water partition coefficient (Wildman–Crippen LogP) is 1.99. The first-order valence-corrected chi connectivity index (χ1v) is 7.24. The van der Waals surface area contributed by atoms with Crippen LogP contribution in [0, 0.1) is 18.3 Å². The molecule has 1 saturated carbocycles. The summed E-state index contributed by atoms with van der Waals surface area (Å²) in [4.78, 5) is 28.2. The minimum absolute atomic E-state index is 0.0258. The third-order valence-electron chi connectivity index (χ3n) is 4.89. The first-order valence-electron chi connectivity index (χ1n) is 7.24. The fourth-order valence-corrected chi connectivity index (χ4v) is 4.00. The van der Waals surface area contributed by atoms with Crippen LogP contribution in [0.15, 0.2) is 0 Å². The maximum Gasteiger partial charge on any atom is 0.327 e. The Morgan fingerprint density at radius 3 is 2.84 bits per heavy atom. The van der Waals surface area contributed by atoms with Gasteiger partial charge < -0.3 is 4.90 Å². The Hall–Kier alpha value is -1.50. The summed E-state index contributed by atoms with van der Waals surface area (Å²) >= 11 is 0. The van der Waals surface area contributed by atoms with Crippen molar-refractivity contribution in [1.29, 1.82) is 0 Å². The first-order chi connectivity index (χ1) is 9.15. The van der Waals surface area contributed by atoms with Gasteiger partial charge in [0.1, 0.15) is 6.04 Å². The summed E-state index contributed by atoms with van der Waals surface area (Å²) in [5.74, 6) is 3.06. The lowest BCUT2D eigenvalue weighted by Gasteiger charge is -2.31. The Morgan fingerprint density at radius 2 is 2.11 bits per heavy atom. The molecule has 0 aromatic heterocycles. The van der Waals surface area contributed by atoms with E-state index in [-0.39, 0.29) is 24.0 Å². The van der Waals surface area contributed by atoms with Crippen molar-refractivity contribution in [2.45, 2.75) is 63.6 Å². The van der Waals surface area contributed by atoms with Crippen LogP contribution in [-0.4, -0.2) is 39.9 Å². The van der Waals surface area contributed by atoms with Crippen LogP contribution < -0.4 is 0 Å². The fraction of sp³-hybridized carbons (Fsp3) is 0.733. The highest BCUT2D eigenvalue weighted by Gasteiger charge is 2.56. The van der Waals surface area contributed by atoms with E-state index in [1.54, 1.807) is 0 Å². The zero-order valence-electron chi connectivity index (χ0n) is 11.3. The molecule has 19 heavy (non-hydrogen) atoms. The SMILES string of the molecule is C#CC[C@H](C)N1C(=O)[C@@H]2C[C@@H]3CCCC[C@@H]3N2C1=O. The molecule has 4 heteroatoms. The van der Waals surface area contributed by atoms with Gasteiger partial charge in [-0.05, 0) is 32.1 Å². The largest absolute Gasteiger partial charge is 0.327 e. The molecule has 0 spiro atoms. The van der Waals surface area contributed by atoms with Crippen LogP contribution in [-0.2, 0) is 4.79 Å². The van der Waals surface area contributed by atoms with Crippen LogP contribution >= 0.6 is 0 Å². The molecule has 0 aromatic carbocycles. The Kier molecular flexibility index (Phi) is 3.00. The van der Waals surface area contributed by atoms with Gasteiger partial charge in [-0.25, -0.2) is 4.79 Å². The van der Waals surface area contributed by atoms with Gasteiger partial charge in [0, 0.05) is 18.5 Å². The summed E-state index contributed by atoms with van der Waals surface area (Å²) in [6.45, 7) is 1.86. The summed E-state index contributed by atoms with van der Waals surface area (Å²) in [5, 5.41) is 0. The van der Waals surface area contributed by atoms with E-state index < -0.39 is 0 Å². The number of hydrogen-bond donors (Lipinski definition) is 0. The Labute approximate surface area is 114 Å². The number of imide groups is 1. The van der Waals surface area contributed by atoms with E-state index in [1.807, 2.05) is 11.8 Å². The van der Waals surface area contributed by atoms with Gasteiger partial charge in [-0.3, -0.25) is 9.69 Å². The molecule has 1 aliphatic carbocycles. The van der Waals surface area contributed by atoms with Crippen LogP contribution in [0.5, 0.6) is 0 Å². The van der Waals surface area contributed by atoms with Crippen molar-refractivity contribution >= 4 is 11.9 Å². The van der Waals surface area contributed by atoms with Gasteiger partial charge >= 0.3 is 6.03 Å². The van der Waals surface area contributed by atoms with Crippen LogP contribution in [0.2, 0.25) is 0 Å². The maximum absolute atomic E-state index is 12.5. The lowest BCUT2D eigenvalue weighted by Crippen LogP contribution is -2.44. The van der Waals surface area contributed by atoms with Gasteiger partial charge in [-0.15, -0.1) is 12.3 Å². The minimum Gasteiger partial charge on any atom is -0.309 e. The standard InChI is InChI=1S/C15H20N2O2/c1-3-6-10(2)16-14(18)13-9-11-7-4-5-8-12(11)17(13)15(16)19/h1,10-13H,4-9H2,2H3/t10-,11-,12-,13-/m0/s1. The second kappa shape index (κ2) is 4.56. The average molecular weight is 260 g/mol. The van der Waals surface area contributed by atoms with Crippen LogP contribution in [0.25, 0.3) is 0 Å². The Bertz CT molecular complexity index is 454. The number of fused-ring (bicyclic) bond motifs is 3. The van der Waals surface area contributed by atoms with Crippen molar-refractivity contribution in [3.05, 3.63) is 0 Å². The number of carbonyl (C=O) groups excluding carboxylic acids is 2. The van der Waals surface area contributed by atoms with Crippen molar-refractivity contribution in [2.24, 2.45) is 5.92 Å². The monoisotopic (exact) mass is 260 g/mol. The van der Waals surface area contributed by atoms with Crippen molar-refractivity contribution in [1.82, 2.24) is 9.80 Å². The van der Waals surface area contributed by atoms with E-state index >= 15 is 0 Å². The lowest BCUT2D eigenvalue weighted by molar-refractivity contribution is -0.129. The quantitative estimate of drug-likeness (QED) is 0.563. The highest BCUT2D eigenvalue weighted by atomic mass is 16.2. The number of nitrogens with zero attached hydrogens (tertiary/aromatic N) is 2. The van der Waals surface area contributed by atoms with Crippen LogP contribution in [0.4, 0.5) is 4.79 Å². The minimum atomic E-state index is -0.208. The molecule has 0 radical (unpaired) electrons. The van der Waals surface area contributed by atoms with Crippen molar-refractivity contribution in [3.8, 4) is 12.3 Å². The van der Waals surface area contributed by atoms with Crippen LogP contribution in [0.1, 0.15) is 45.4 Å². The van der Waals surface area contributed by atoms with Gasteiger partial charge in [-0.2, -0.15) is 0 Å². The average Bonchev–Trinajstić information content (AvgIpc) is 2.87. The third kappa shape index (κ3) is 1.75. The lowest BCUT2D eigenvalue weighted by atomic mass is 9.84. The van der Waals surface area contributed by atoms with Crippen LogP contribution in [0.3, 0.4) is 0 Å². The molecule has 2 saturated heterocycles. The summed E-state index contributed by atoms with van der Waals surface area (Å²) in [6.07, 6.45) is 11.2. The molecule has 4 atom stereocenters. The van der Waals surface area contributed by atoms with Gasteiger partial charge in [0.2, 0.25) is 0 Å². The van der Waals surface area contributed by atoms with Gasteiger partial charge in [-0.1, -0.05) is 12.8 Å². The topological polar surface area (TPSA) is 40.6 Å². The van der Waals surface area contributed by atoms with E-state index in [0.29, 0.717) is 18.4 Å². The highest BCUT2D eigenvalue weighted by Crippen LogP contribution is 2.43. The molecule has 0 unspecified atom stereocenters. The van der Waals surface area contributed by atoms with Crippen molar-refractivity contribution in [3.63, 3.8) is 0 Å². The molecule has 0 bridgehead atoms. The molecule has 0 aromatic rings. The molecule has 3 aliphatic rings. The van der Waals surface area contributed by atoms with E-state index in [0.717, 1.165) is 19.3 Å². The zero-order chi connectivity index (χ0) is 13.6. The highest BCUT2D eigenvalue weighted by molar-refractivity contribution is 6.05. The maximum atomic E-state index is 12.5. The number of carbonyl (C=O) groups is 2. The number of rotatable bonds is 2. The number of hydrogen-bond acceptors (Lipinski definition) is 2. The third-order valence-corrected chi connectivity index (χ3v) is 4.89. The Balaban J connectivity index is 1.84. The fourth-order valence-electron chi connectivity index (χ4n) is 4.00. The molecule has 3 amide bonds. The molecule has 3 fully saturated rings. The number of terminal acetylenes is 1. The predicted molar refractivity (Wildman–Crippen MR) is 71.1 cm³/mol. The second-order valence-electron chi connectivity index (χ2n) is 6.02. The van der Waals surface area contributed by atoms with Gasteiger partial charge in [0.25, 0.3) is 5.91 Å². The number of urea groups is 1. The Morgan fingerprint density at radius 1 is 1.37 bits per heavy atom. The first kappa shape index (κ1) is 12.5. The molecular formula is C15H20N2O2. The van der Waals surface area contributed by atoms with Gasteiger partial charge in [0.15, 0.2) is 0 Å². The van der Waals surface area contributed by atoms with Gasteiger partial charge in [0.05, 0.1) is 0 Å². The van der Waals surface area contributed by atoms with E-state index in [9.17, 15) is 9.59 Å². The molecule has 0 N–H and O–H groups in total. The van der Waals surface area contributed by atoms with E-state index in [2.05, 4.69) is 5.92 Å². The molecule has 3 rings (SSSR count). The van der Waals surface area contributed by atoms with E-state index in [4.69, 9.17) is 6.42 Å². The molecule has 2 heterocycles.